The number of rotatable bonds is 6. The summed E-state index contributed by atoms with van der Waals surface area (Å²) in [5.41, 5.74) is 2.57. The van der Waals surface area contributed by atoms with E-state index in [1.54, 1.807) is 12.3 Å². The maximum Gasteiger partial charge on any atom is 0.269 e. The third-order valence-electron chi connectivity index (χ3n) is 2.99. The molecule has 2 rings (SSSR count). The van der Waals surface area contributed by atoms with Crippen LogP contribution in [0.4, 0.5) is 5.69 Å². The molecule has 1 aromatic carbocycles. The van der Waals surface area contributed by atoms with Crippen molar-refractivity contribution in [2.45, 2.75) is 26.3 Å². The molecule has 2 N–H and O–H groups in total. The minimum Gasteiger partial charge on any atom is -0.382 e. The summed E-state index contributed by atoms with van der Waals surface area (Å²) in [5, 5.41) is 6.13. The molecule has 0 aliphatic heterocycles. The molecule has 0 spiro atoms. The second-order valence-electron chi connectivity index (χ2n) is 5.22. The van der Waals surface area contributed by atoms with Gasteiger partial charge in [0.25, 0.3) is 5.91 Å². The van der Waals surface area contributed by atoms with E-state index in [2.05, 4.69) is 41.6 Å². The van der Waals surface area contributed by atoms with Crippen LogP contribution >= 0.6 is 0 Å². The third-order valence-corrected chi connectivity index (χ3v) is 2.99. The summed E-state index contributed by atoms with van der Waals surface area (Å²) in [7, 11) is 0. The topological polar surface area (TPSA) is 54.0 Å². The Hall–Kier alpha value is -2.36. The Balaban J connectivity index is 1.83. The van der Waals surface area contributed by atoms with E-state index in [0.29, 0.717) is 18.3 Å². The molecule has 0 aliphatic rings. The van der Waals surface area contributed by atoms with Crippen molar-refractivity contribution in [1.82, 2.24) is 10.3 Å². The van der Waals surface area contributed by atoms with Gasteiger partial charge in [-0.05, 0) is 38.0 Å². The van der Waals surface area contributed by atoms with E-state index in [-0.39, 0.29) is 5.91 Å². The molecule has 0 radical (unpaired) electrons. The predicted molar refractivity (Wildman–Crippen MR) is 85.5 cm³/mol. The average Bonchev–Trinajstić information content (AvgIpc) is 2.48. The molecular formula is C17H21N3O. The van der Waals surface area contributed by atoms with Gasteiger partial charge in [-0.15, -0.1) is 0 Å². The van der Waals surface area contributed by atoms with E-state index >= 15 is 0 Å². The number of amides is 1. The minimum absolute atomic E-state index is 0.137. The lowest BCUT2D eigenvalue weighted by Crippen LogP contribution is -2.26. The molecule has 0 unspecified atom stereocenters. The molecule has 4 nitrogen and oxygen atoms in total. The van der Waals surface area contributed by atoms with Gasteiger partial charge in [0.2, 0.25) is 0 Å². The Bertz CT molecular complexity index is 564. The Morgan fingerprint density at radius 3 is 2.52 bits per heavy atom. The summed E-state index contributed by atoms with van der Waals surface area (Å²) < 4.78 is 0. The number of aromatic nitrogens is 1. The third kappa shape index (κ3) is 4.91. The van der Waals surface area contributed by atoms with Crippen LogP contribution in [0.5, 0.6) is 0 Å². The summed E-state index contributed by atoms with van der Waals surface area (Å²) >= 11 is 0. The van der Waals surface area contributed by atoms with E-state index in [1.165, 1.54) is 5.56 Å². The molecule has 0 saturated carbocycles. The van der Waals surface area contributed by atoms with E-state index < -0.39 is 0 Å². The summed E-state index contributed by atoms with van der Waals surface area (Å²) in [6, 6.07) is 14.0. The fourth-order valence-electron chi connectivity index (χ4n) is 2.00. The van der Waals surface area contributed by atoms with E-state index in [4.69, 9.17) is 0 Å². The lowest BCUT2D eigenvalue weighted by Gasteiger charge is -2.10. The predicted octanol–water partition coefficient (Wildman–Crippen LogP) is 2.87. The van der Waals surface area contributed by atoms with Crippen LogP contribution in [0, 0.1) is 0 Å². The minimum atomic E-state index is -0.137. The highest BCUT2D eigenvalue weighted by atomic mass is 16.1. The Morgan fingerprint density at radius 2 is 1.90 bits per heavy atom. The highest BCUT2D eigenvalue weighted by Crippen LogP contribution is 2.07. The first-order valence-corrected chi connectivity index (χ1v) is 7.20. The number of pyridine rings is 1. The van der Waals surface area contributed by atoms with Crippen molar-refractivity contribution in [3.63, 3.8) is 0 Å². The van der Waals surface area contributed by atoms with Gasteiger partial charge >= 0.3 is 0 Å². The standard InChI is InChI=1S/C17H21N3O/c1-13(2)20-15-8-9-16(19-12-15)17(21)18-11-10-14-6-4-3-5-7-14/h3-9,12-13,20H,10-11H2,1-2H3,(H,18,21). The fourth-order valence-corrected chi connectivity index (χ4v) is 2.00. The summed E-state index contributed by atoms with van der Waals surface area (Å²) in [4.78, 5) is 16.2. The first kappa shape index (κ1) is 15.0. The summed E-state index contributed by atoms with van der Waals surface area (Å²) in [6.07, 6.45) is 2.51. The van der Waals surface area contributed by atoms with Gasteiger partial charge in [-0.2, -0.15) is 0 Å². The monoisotopic (exact) mass is 283 g/mol. The van der Waals surface area contributed by atoms with Crippen molar-refractivity contribution in [1.29, 1.82) is 0 Å². The second kappa shape index (κ2) is 7.43. The molecule has 0 aliphatic carbocycles. The van der Waals surface area contributed by atoms with Crippen molar-refractivity contribution in [3.05, 3.63) is 59.9 Å². The molecule has 0 bridgehead atoms. The molecule has 0 fully saturated rings. The van der Waals surface area contributed by atoms with Gasteiger partial charge in [-0.3, -0.25) is 4.79 Å². The fraction of sp³-hybridized carbons (Fsp3) is 0.294. The average molecular weight is 283 g/mol. The summed E-state index contributed by atoms with van der Waals surface area (Å²) in [5.74, 6) is -0.137. The maximum atomic E-state index is 12.0. The molecule has 0 saturated heterocycles. The molecule has 110 valence electrons. The van der Waals surface area contributed by atoms with Gasteiger partial charge in [0.15, 0.2) is 0 Å². The SMILES string of the molecule is CC(C)Nc1ccc(C(=O)NCCc2ccccc2)nc1. The zero-order valence-corrected chi connectivity index (χ0v) is 12.5. The normalized spacial score (nSPS) is 10.4. The van der Waals surface area contributed by atoms with Gasteiger partial charge in [0.05, 0.1) is 11.9 Å². The number of carbonyl (C=O) groups is 1. The largest absolute Gasteiger partial charge is 0.382 e. The maximum absolute atomic E-state index is 12.0. The zero-order chi connectivity index (χ0) is 15.1. The van der Waals surface area contributed by atoms with Crippen molar-refractivity contribution in [2.75, 3.05) is 11.9 Å². The lowest BCUT2D eigenvalue weighted by molar-refractivity contribution is 0.0949. The first-order valence-electron chi connectivity index (χ1n) is 7.20. The Kier molecular flexibility index (Phi) is 5.32. The van der Waals surface area contributed by atoms with Crippen molar-refractivity contribution >= 4 is 11.6 Å². The van der Waals surface area contributed by atoms with Crippen molar-refractivity contribution in [3.8, 4) is 0 Å². The number of nitrogens with one attached hydrogen (secondary N) is 2. The molecule has 1 amide bonds. The Labute approximate surface area is 125 Å². The van der Waals surface area contributed by atoms with Crippen LogP contribution in [0.1, 0.15) is 29.9 Å². The molecule has 4 heteroatoms. The highest BCUT2D eigenvalue weighted by molar-refractivity contribution is 5.92. The quantitative estimate of drug-likeness (QED) is 0.857. The zero-order valence-electron chi connectivity index (χ0n) is 12.5. The van der Waals surface area contributed by atoms with Crippen LogP contribution in [0.2, 0.25) is 0 Å². The molecular weight excluding hydrogens is 262 g/mol. The van der Waals surface area contributed by atoms with Crippen molar-refractivity contribution < 1.29 is 4.79 Å². The van der Waals surface area contributed by atoms with E-state index in [0.717, 1.165) is 12.1 Å². The number of hydrogen-bond acceptors (Lipinski definition) is 3. The van der Waals surface area contributed by atoms with Gasteiger partial charge < -0.3 is 10.6 Å². The number of benzene rings is 1. The molecule has 2 aromatic rings. The van der Waals surface area contributed by atoms with Gasteiger partial charge in [0, 0.05) is 12.6 Å². The molecule has 21 heavy (non-hydrogen) atoms. The number of nitrogens with zero attached hydrogens (tertiary/aromatic N) is 1. The van der Waals surface area contributed by atoms with Crippen LogP contribution in [-0.2, 0) is 6.42 Å². The Morgan fingerprint density at radius 1 is 1.14 bits per heavy atom. The van der Waals surface area contributed by atoms with E-state index in [9.17, 15) is 4.79 Å². The summed E-state index contributed by atoms with van der Waals surface area (Å²) in [6.45, 7) is 4.73. The second-order valence-corrected chi connectivity index (χ2v) is 5.22. The van der Waals surface area contributed by atoms with E-state index in [1.807, 2.05) is 24.3 Å². The van der Waals surface area contributed by atoms with Crippen LogP contribution in [0.3, 0.4) is 0 Å². The van der Waals surface area contributed by atoms with Gasteiger partial charge in [0.1, 0.15) is 5.69 Å². The number of carbonyl (C=O) groups excluding carboxylic acids is 1. The molecule has 1 aromatic heterocycles. The highest BCUT2D eigenvalue weighted by Gasteiger charge is 2.06. The van der Waals surface area contributed by atoms with Gasteiger partial charge in [-0.25, -0.2) is 4.98 Å². The van der Waals surface area contributed by atoms with Crippen LogP contribution in [-0.4, -0.2) is 23.5 Å². The smallest absolute Gasteiger partial charge is 0.269 e. The number of anilines is 1. The van der Waals surface area contributed by atoms with Crippen molar-refractivity contribution in [2.24, 2.45) is 0 Å². The van der Waals surface area contributed by atoms with Crippen LogP contribution < -0.4 is 10.6 Å². The molecule has 0 atom stereocenters. The lowest BCUT2D eigenvalue weighted by atomic mass is 10.1. The van der Waals surface area contributed by atoms with Crippen LogP contribution in [0.15, 0.2) is 48.7 Å². The number of hydrogen-bond donors (Lipinski definition) is 2. The first-order chi connectivity index (χ1) is 10.1. The van der Waals surface area contributed by atoms with Crippen LogP contribution in [0.25, 0.3) is 0 Å². The van der Waals surface area contributed by atoms with Gasteiger partial charge in [-0.1, -0.05) is 30.3 Å². The molecule has 1 heterocycles.